The minimum Gasteiger partial charge on any atom is -0.493 e. The molecule has 1 aliphatic heterocycles. The molecule has 11 nitrogen and oxygen atoms in total. The lowest BCUT2D eigenvalue weighted by atomic mass is 9.95. The Kier molecular flexibility index (Phi) is 9.08. The second-order valence-corrected chi connectivity index (χ2v) is 12.9. The number of hydrogen-bond acceptors (Lipinski definition) is 9. The summed E-state index contributed by atoms with van der Waals surface area (Å²) in [4.78, 5) is 43.8. The number of nitro groups is 1. The Morgan fingerprint density at radius 3 is 2.44 bits per heavy atom. The molecule has 2 aromatic heterocycles. The van der Waals surface area contributed by atoms with Gasteiger partial charge in [0.2, 0.25) is 0 Å². The fraction of sp³-hybridized carbons (Fsp3) is 0.229. The van der Waals surface area contributed by atoms with Crippen LogP contribution in [0.5, 0.6) is 11.5 Å². The topological polar surface area (TPSA) is 127 Å². The second-order valence-electron chi connectivity index (χ2n) is 11.1. The van der Waals surface area contributed by atoms with Crippen LogP contribution in [-0.2, 0) is 16.1 Å². The first-order valence-corrected chi connectivity index (χ1v) is 16.6. The third-order valence-electron chi connectivity index (χ3n) is 8.36. The van der Waals surface area contributed by atoms with Gasteiger partial charge in [-0.25, -0.2) is 9.79 Å². The van der Waals surface area contributed by atoms with Crippen LogP contribution >= 0.6 is 27.3 Å². The van der Waals surface area contributed by atoms with Gasteiger partial charge in [-0.15, -0.1) is 0 Å². The molecule has 0 spiro atoms. The molecule has 1 aliphatic rings. The number of carbonyl (C=O) groups is 1. The molecule has 13 heteroatoms. The first kappa shape index (κ1) is 32.9. The number of nitrogens with zero attached hydrogens (tertiary/aromatic N) is 4. The SMILES string of the molecule is CCOC(=O)C1=C(C)N=c2s/c(=C\c3c(C)n(Cc4ccc([N+](=O)[O-])cc4)c4ccccc34)c(=O)n2[C@H]1c1cc(OC)c(OC)cc1Br. The van der Waals surface area contributed by atoms with Gasteiger partial charge >= 0.3 is 5.97 Å². The summed E-state index contributed by atoms with van der Waals surface area (Å²) in [6.07, 6.45) is 1.87. The summed E-state index contributed by atoms with van der Waals surface area (Å²) in [6, 6.07) is 17.0. The summed E-state index contributed by atoms with van der Waals surface area (Å²) in [6.45, 7) is 6.09. The number of allylic oxidation sites excluding steroid dienone is 1. The number of aromatic nitrogens is 2. The zero-order valence-electron chi connectivity index (χ0n) is 26.8. The van der Waals surface area contributed by atoms with Crippen LogP contribution in [0.15, 0.2) is 86.2 Å². The number of rotatable bonds is 9. The van der Waals surface area contributed by atoms with Crippen molar-refractivity contribution in [2.45, 2.75) is 33.4 Å². The highest BCUT2D eigenvalue weighted by atomic mass is 79.9. The first-order chi connectivity index (χ1) is 23.1. The largest absolute Gasteiger partial charge is 0.493 e. The van der Waals surface area contributed by atoms with Crippen LogP contribution < -0.4 is 24.4 Å². The Morgan fingerprint density at radius 2 is 1.77 bits per heavy atom. The van der Waals surface area contributed by atoms with Crippen molar-refractivity contribution in [3.63, 3.8) is 0 Å². The number of carbonyl (C=O) groups excluding carboxylic acids is 1. The van der Waals surface area contributed by atoms with E-state index in [0.29, 0.717) is 43.1 Å². The Morgan fingerprint density at radius 1 is 1.08 bits per heavy atom. The molecule has 0 bridgehead atoms. The average Bonchev–Trinajstić information content (AvgIpc) is 3.52. The fourth-order valence-corrected chi connectivity index (χ4v) is 7.61. The first-order valence-electron chi connectivity index (χ1n) is 15.0. The molecule has 48 heavy (non-hydrogen) atoms. The number of fused-ring (bicyclic) bond motifs is 2. The van der Waals surface area contributed by atoms with Crippen LogP contribution in [0.25, 0.3) is 17.0 Å². The molecular weight excluding hydrogens is 700 g/mol. The van der Waals surface area contributed by atoms with E-state index in [1.165, 1.54) is 42.3 Å². The predicted molar refractivity (Wildman–Crippen MR) is 187 cm³/mol. The van der Waals surface area contributed by atoms with Crippen molar-refractivity contribution in [3.05, 3.63) is 129 Å². The van der Waals surface area contributed by atoms with E-state index < -0.39 is 16.9 Å². The number of esters is 1. The highest BCUT2D eigenvalue weighted by molar-refractivity contribution is 9.10. The van der Waals surface area contributed by atoms with Crippen molar-refractivity contribution < 1.29 is 23.9 Å². The minimum absolute atomic E-state index is 0.0312. The summed E-state index contributed by atoms with van der Waals surface area (Å²) < 4.78 is 21.2. The number of nitro benzene ring substituents is 1. The molecule has 0 saturated heterocycles. The molecule has 0 aliphatic carbocycles. The number of non-ortho nitro benzene ring substituents is 1. The molecule has 0 fully saturated rings. The van der Waals surface area contributed by atoms with Gasteiger partial charge in [0.05, 0.1) is 47.6 Å². The van der Waals surface area contributed by atoms with Crippen molar-refractivity contribution in [2.75, 3.05) is 20.8 Å². The van der Waals surface area contributed by atoms with Gasteiger partial charge in [-0.05, 0) is 56.2 Å². The van der Waals surface area contributed by atoms with Crippen molar-refractivity contribution in [3.8, 4) is 11.5 Å². The van der Waals surface area contributed by atoms with Gasteiger partial charge in [-0.3, -0.25) is 19.5 Å². The summed E-state index contributed by atoms with van der Waals surface area (Å²) in [5, 5.41) is 12.1. The summed E-state index contributed by atoms with van der Waals surface area (Å²) in [5.41, 5.74) is 4.66. The van der Waals surface area contributed by atoms with Crippen LogP contribution in [-0.4, -0.2) is 40.9 Å². The van der Waals surface area contributed by atoms with E-state index in [-0.39, 0.29) is 23.4 Å². The van der Waals surface area contributed by atoms with E-state index in [1.807, 2.05) is 37.3 Å². The van der Waals surface area contributed by atoms with Crippen LogP contribution in [0.3, 0.4) is 0 Å². The maximum Gasteiger partial charge on any atom is 0.338 e. The van der Waals surface area contributed by atoms with Crippen molar-refractivity contribution in [2.24, 2.45) is 4.99 Å². The number of methoxy groups -OCH3 is 2. The van der Waals surface area contributed by atoms with Crippen molar-refractivity contribution in [1.82, 2.24) is 9.13 Å². The highest BCUT2D eigenvalue weighted by Gasteiger charge is 2.35. The standard InChI is InChI=1S/C35H31BrN4O7S/c1-6-47-34(42)31-19(2)37-35-39(32(31)25-15-28(45-4)29(46-5)17-26(25)36)33(41)30(48-35)16-24-20(3)38(27-10-8-7-9-23(24)27)18-21-11-13-22(14-12-21)40(43)44/h7-17,32H,6,18H2,1-5H3/b30-16-/t32-/m0/s1. The highest BCUT2D eigenvalue weighted by Crippen LogP contribution is 2.41. The van der Waals surface area contributed by atoms with E-state index in [1.54, 1.807) is 38.1 Å². The van der Waals surface area contributed by atoms with Gasteiger partial charge in [-0.2, -0.15) is 0 Å². The van der Waals surface area contributed by atoms with E-state index in [2.05, 4.69) is 20.5 Å². The molecule has 1 atom stereocenters. The summed E-state index contributed by atoms with van der Waals surface area (Å²) >= 11 is 4.88. The molecular formula is C35H31BrN4O7S. The zero-order valence-corrected chi connectivity index (χ0v) is 29.2. The molecule has 0 saturated carbocycles. The van der Waals surface area contributed by atoms with E-state index in [9.17, 15) is 19.7 Å². The van der Waals surface area contributed by atoms with E-state index in [0.717, 1.165) is 27.7 Å². The molecule has 0 unspecified atom stereocenters. The monoisotopic (exact) mass is 730 g/mol. The molecule has 0 N–H and O–H groups in total. The van der Waals surface area contributed by atoms with Crippen LogP contribution in [0, 0.1) is 17.0 Å². The van der Waals surface area contributed by atoms with Gasteiger partial charge in [0, 0.05) is 45.3 Å². The number of benzene rings is 3. The van der Waals surface area contributed by atoms with Crippen LogP contribution in [0.2, 0.25) is 0 Å². The van der Waals surface area contributed by atoms with Crippen molar-refractivity contribution >= 4 is 55.9 Å². The number of halogens is 1. The number of hydrogen-bond donors (Lipinski definition) is 0. The number of ether oxygens (including phenoxy) is 3. The maximum absolute atomic E-state index is 14.4. The fourth-order valence-electron chi connectivity index (χ4n) is 6.05. The molecule has 246 valence electrons. The van der Waals surface area contributed by atoms with Gasteiger partial charge in [0.1, 0.15) is 0 Å². The Bertz CT molecular complexity index is 2320. The Hall–Kier alpha value is -5.01. The molecule has 3 heterocycles. The third-order valence-corrected chi connectivity index (χ3v) is 10.0. The lowest BCUT2D eigenvalue weighted by molar-refractivity contribution is -0.384. The molecule has 5 aromatic rings. The van der Waals surface area contributed by atoms with Gasteiger partial charge in [0.25, 0.3) is 11.2 Å². The van der Waals surface area contributed by atoms with Gasteiger partial charge in [-0.1, -0.05) is 57.6 Å². The van der Waals surface area contributed by atoms with E-state index >= 15 is 0 Å². The summed E-state index contributed by atoms with van der Waals surface area (Å²) in [5.74, 6) is 0.358. The molecule has 3 aromatic carbocycles. The Balaban J connectivity index is 1.54. The zero-order chi connectivity index (χ0) is 34.3. The Labute approximate surface area is 287 Å². The maximum atomic E-state index is 14.4. The average molecular weight is 732 g/mol. The van der Waals surface area contributed by atoms with Crippen LogP contribution in [0.1, 0.15) is 42.3 Å². The summed E-state index contributed by atoms with van der Waals surface area (Å²) in [7, 11) is 3.06. The normalized spacial score (nSPS) is 14.5. The van der Waals surface area contributed by atoms with E-state index in [4.69, 9.17) is 19.2 Å². The lowest BCUT2D eigenvalue weighted by Crippen LogP contribution is -2.40. The smallest absolute Gasteiger partial charge is 0.338 e. The number of thiazole rings is 1. The van der Waals surface area contributed by atoms with Gasteiger partial charge in [0.15, 0.2) is 16.3 Å². The molecule has 0 radical (unpaired) electrons. The quantitative estimate of drug-likeness (QED) is 0.107. The molecule has 6 rings (SSSR count). The third kappa shape index (κ3) is 5.73. The van der Waals surface area contributed by atoms with Crippen LogP contribution in [0.4, 0.5) is 5.69 Å². The minimum atomic E-state index is -0.860. The lowest BCUT2D eigenvalue weighted by Gasteiger charge is -2.26. The van der Waals surface area contributed by atoms with Gasteiger partial charge < -0.3 is 18.8 Å². The second kappa shape index (κ2) is 13.2. The number of para-hydroxylation sites is 1. The predicted octanol–water partition coefficient (Wildman–Crippen LogP) is 5.80. The van der Waals surface area contributed by atoms with Crippen molar-refractivity contribution in [1.29, 1.82) is 0 Å². The molecule has 0 amide bonds.